The molecule has 3 heterocycles. The molecule has 2 nitrogen and oxygen atoms in total. The predicted octanol–water partition coefficient (Wildman–Crippen LogP) is 11.1. The molecule has 5 aliphatic rings. The van der Waals surface area contributed by atoms with E-state index in [4.69, 9.17) is 0 Å². The summed E-state index contributed by atoms with van der Waals surface area (Å²) < 4.78 is 0. The third-order valence-electron chi connectivity index (χ3n) is 16.2. The molecule has 0 fully saturated rings. The van der Waals surface area contributed by atoms with Gasteiger partial charge in [-0.05, 0) is 132 Å². The first-order valence-corrected chi connectivity index (χ1v) is 23.3. The van der Waals surface area contributed by atoms with Gasteiger partial charge < -0.3 is 9.80 Å². The average Bonchev–Trinajstić information content (AvgIpc) is 3.65. The van der Waals surface area contributed by atoms with Gasteiger partial charge >= 0.3 is 0 Å². The maximum atomic E-state index is 2.69. The van der Waals surface area contributed by atoms with E-state index in [0.717, 1.165) is 0 Å². The smallest absolute Gasteiger partial charge is 0.247 e. The summed E-state index contributed by atoms with van der Waals surface area (Å²) in [5.41, 5.74) is 35.1. The second-order valence-electron chi connectivity index (χ2n) is 20.8. The van der Waals surface area contributed by atoms with Gasteiger partial charge in [-0.25, -0.2) is 0 Å². The molecule has 0 aromatic heterocycles. The van der Waals surface area contributed by atoms with Gasteiger partial charge in [-0.1, -0.05) is 181 Å². The molecule has 0 amide bonds. The Bertz CT molecular complexity index is 3170. The lowest BCUT2D eigenvalue weighted by atomic mass is 9.31. The van der Waals surface area contributed by atoms with Crippen molar-refractivity contribution in [1.29, 1.82) is 0 Å². The number of aryl methyl sites for hydroxylation is 6. The van der Waals surface area contributed by atoms with Crippen LogP contribution in [0, 0.1) is 41.5 Å². The van der Waals surface area contributed by atoms with E-state index in [1.807, 2.05) is 0 Å². The summed E-state index contributed by atoms with van der Waals surface area (Å²) in [6.07, 6.45) is 0. The lowest BCUT2D eigenvalue weighted by Gasteiger charge is -2.50. The van der Waals surface area contributed by atoms with Crippen molar-refractivity contribution in [3.63, 3.8) is 0 Å². The molecule has 8 aromatic rings. The van der Waals surface area contributed by atoms with Crippen LogP contribution in [0.5, 0.6) is 0 Å². The third kappa shape index (κ3) is 4.59. The van der Waals surface area contributed by atoms with E-state index in [0.29, 0.717) is 0 Å². The average molecular weight is 823 g/mol. The fourth-order valence-electron chi connectivity index (χ4n) is 14.1. The van der Waals surface area contributed by atoms with Crippen molar-refractivity contribution in [1.82, 2.24) is 0 Å². The SMILES string of the molecule is Cc1cc(C)c(B2c3cccc4c3N(c3ccc5c(c32)C(C)(C)c2ccccc2-5)c2cccc3c2N4c2ccc4c(c2B3c2c(C)cc(C)cc2C)C(C)(C)c2ccccc2-4)c(C)c1. The standard InChI is InChI=1S/C60H52B2N2/c1-33-29-35(3)53(36(4)30-33)61-45-21-15-23-49-57(45)63(47-27-25-41-39-17-11-13-19-43(39)59(7,8)51(41)55(47)61)50-24-16-22-46-58(50)64(49)48-28-26-42-40-18-12-14-20-44(40)60(9,10)52(42)56(48)62(46)54-37(5)31-34(2)32-38(54)6/h11-32H,1-10H3. The highest BCUT2D eigenvalue weighted by Gasteiger charge is 2.52. The van der Waals surface area contributed by atoms with Crippen LogP contribution in [0.1, 0.15) is 83.3 Å². The highest BCUT2D eigenvalue weighted by molar-refractivity contribution is 7.00. The van der Waals surface area contributed by atoms with Gasteiger partial charge in [0, 0.05) is 22.2 Å². The number of hydrogen-bond donors (Lipinski definition) is 0. The number of hydrogen-bond acceptors (Lipinski definition) is 2. The molecule has 0 spiro atoms. The van der Waals surface area contributed by atoms with Crippen molar-refractivity contribution >= 4 is 80.3 Å². The van der Waals surface area contributed by atoms with E-state index in [1.54, 1.807) is 0 Å². The second-order valence-corrected chi connectivity index (χ2v) is 20.8. The minimum absolute atomic E-state index is 0.0402. The zero-order valence-electron chi connectivity index (χ0n) is 38.8. The van der Waals surface area contributed by atoms with Crippen LogP contribution in [0.25, 0.3) is 22.3 Å². The predicted molar refractivity (Wildman–Crippen MR) is 275 cm³/mol. The monoisotopic (exact) mass is 822 g/mol. The molecule has 13 rings (SSSR count). The lowest BCUT2D eigenvalue weighted by Crippen LogP contribution is -2.63. The number of nitrogens with zero attached hydrogens (tertiary/aromatic N) is 2. The van der Waals surface area contributed by atoms with Gasteiger partial charge in [-0.3, -0.25) is 0 Å². The number of fused-ring (bicyclic) bond motifs is 14. The molecule has 0 unspecified atom stereocenters. The molecule has 0 radical (unpaired) electrons. The Morgan fingerprint density at radius 1 is 0.359 bits per heavy atom. The van der Waals surface area contributed by atoms with Gasteiger partial charge in [0.25, 0.3) is 0 Å². The molecule has 3 aliphatic heterocycles. The molecule has 308 valence electrons. The van der Waals surface area contributed by atoms with Gasteiger partial charge in [0.2, 0.25) is 13.4 Å². The van der Waals surface area contributed by atoms with E-state index in [-0.39, 0.29) is 24.3 Å². The summed E-state index contributed by atoms with van der Waals surface area (Å²) in [5, 5.41) is 0. The van der Waals surface area contributed by atoms with E-state index in [9.17, 15) is 0 Å². The number of benzene rings is 8. The first-order chi connectivity index (χ1) is 30.8. The summed E-state index contributed by atoms with van der Waals surface area (Å²) in [6, 6.07) is 52.2. The fraction of sp³-hybridized carbons (Fsp3) is 0.200. The quantitative estimate of drug-likeness (QED) is 0.160. The Kier molecular flexibility index (Phi) is 7.48. The van der Waals surface area contributed by atoms with E-state index in [2.05, 4.69) is 212 Å². The minimum atomic E-state index is -0.190. The highest BCUT2D eigenvalue weighted by Crippen LogP contribution is 2.58. The molecule has 0 bridgehead atoms. The second kappa shape index (κ2) is 12.6. The first-order valence-electron chi connectivity index (χ1n) is 23.3. The van der Waals surface area contributed by atoms with Crippen LogP contribution in [-0.2, 0) is 10.8 Å². The van der Waals surface area contributed by atoms with Crippen molar-refractivity contribution in [2.75, 3.05) is 9.80 Å². The van der Waals surface area contributed by atoms with Crippen LogP contribution in [-0.4, -0.2) is 13.4 Å². The Morgan fingerprint density at radius 2 is 0.734 bits per heavy atom. The largest absolute Gasteiger partial charge is 0.307 e. The Hall–Kier alpha value is -6.51. The molecule has 2 aliphatic carbocycles. The van der Waals surface area contributed by atoms with Crippen molar-refractivity contribution in [3.8, 4) is 22.3 Å². The minimum Gasteiger partial charge on any atom is -0.307 e. The normalized spacial score (nSPS) is 15.8. The summed E-state index contributed by atoms with van der Waals surface area (Å²) >= 11 is 0. The maximum absolute atomic E-state index is 2.69. The van der Waals surface area contributed by atoms with Gasteiger partial charge in [0.05, 0.1) is 22.7 Å². The van der Waals surface area contributed by atoms with Gasteiger partial charge in [0.1, 0.15) is 0 Å². The maximum Gasteiger partial charge on any atom is 0.247 e. The molecular weight excluding hydrogens is 770 g/mol. The summed E-state index contributed by atoms with van der Waals surface area (Å²) in [4.78, 5) is 5.38. The molecule has 0 N–H and O–H groups in total. The van der Waals surface area contributed by atoms with Crippen molar-refractivity contribution in [2.24, 2.45) is 0 Å². The van der Waals surface area contributed by atoms with Crippen molar-refractivity contribution < 1.29 is 0 Å². The number of rotatable bonds is 2. The van der Waals surface area contributed by atoms with Crippen LogP contribution in [0.3, 0.4) is 0 Å². The zero-order chi connectivity index (χ0) is 43.9. The summed E-state index contributed by atoms with van der Waals surface area (Å²) in [7, 11) is 0. The number of para-hydroxylation sites is 2. The van der Waals surface area contributed by atoms with Crippen LogP contribution >= 0.6 is 0 Å². The zero-order valence-corrected chi connectivity index (χ0v) is 38.8. The Balaban J connectivity index is 1.17. The molecule has 64 heavy (non-hydrogen) atoms. The fourth-order valence-corrected chi connectivity index (χ4v) is 14.1. The van der Waals surface area contributed by atoms with Crippen LogP contribution < -0.4 is 42.6 Å². The van der Waals surface area contributed by atoms with Crippen LogP contribution in [0.2, 0.25) is 0 Å². The van der Waals surface area contributed by atoms with Crippen molar-refractivity contribution in [2.45, 2.75) is 80.1 Å². The molecule has 4 heteroatoms. The highest BCUT2D eigenvalue weighted by atomic mass is 15.3. The third-order valence-corrected chi connectivity index (χ3v) is 16.2. The summed E-state index contributed by atoms with van der Waals surface area (Å²) in [6.45, 7) is 23.8. The number of anilines is 6. The summed E-state index contributed by atoms with van der Waals surface area (Å²) in [5.74, 6) is 0. The van der Waals surface area contributed by atoms with Gasteiger partial charge in [-0.15, -0.1) is 0 Å². The molecule has 8 aromatic carbocycles. The molecule has 0 saturated heterocycles. The van der Waals surface area contributed by atoms with Crippen LogP contribution in [0.4, 0.5) is 34.1 Å². The van der Waals surface area contributed by atoms with Gasteiger partial charge in [-0.2, -0.15) is 0 Å². The molecule has 0 atom stereocenters. The lowest BCUT2D eigenvalue weighted by molar-refractivity contribution is 0.664. The molecular formula is C60H52B2N2. The van der Waals surface area contributed by atoms with E-state index < -0.39 is 0 Å². The van der Waals surface area contributed by atoms with Crippen molar-refractivity contribution in [3.05, 3.63) is 189 Å². The topological polar surface area (TPSA) is 6.48 Å². The van der Waals surface area contributed by atoms with E-state index in [1.165, 1.54) is 145 Å². The molecule has 0 saturated carbocycles. The Morgan fingerprint density at radius 3 is 1.12 bits per heavy atom. The first kappa shape index (κ1) is 38.0. The van der Waals surface area contributed by atoms with Gasteiger partial charge in [0.15, 0.2) is 0 Å². The van der Waals surface area contributed by atoms with Crippen LogP contribution in [0.15, 0.2) is 133 Å². The van der Waals surface area contributed by atoms with E-state index >= 15 is 0 Å². The Labute approximate surface area is 379 Å².